The summed E-state index contributed by atoms with van der Waals surface area (Å²) in [4.78, 5) is 1.38. The molecule has 42 valence electrons. The van der Waals surface area contributed by atoms with Gasteiger partial charge >= 0.3 is 0 Å². The zero-order valence-electron chi connectivity index (χ0n) is 4.76. The SMILES string of the molecule is CCN(C#N)CC#N. The summed E-state index contributed by atoms with van der Waals surface area (Å²) in [6, 6.07) is 1.87. The molecule has 0 radical (unpaired) electrons. The van der Waals surface area contributed by atoms with Gasteiger partial charge < -0.3 is 0 Å². The summed E-state index contributed by atoms with van der Waals surface area (Å²) in [5, 5.41) is 16.2. The maximum atomic E-state index is 8.18. The van der Waals surface area contributed by atoms with Crippen LogP contribution in [0.1, 0.15) is 6.92 Å². The van der Waals surface area contributed by atoms with E-state index >= 15 is 0 Å². The molecule has 0 N–H and O–H groups in total. The van der Waals surface area contributed by atoms with E-state index in [-0.39, 0.29) is 6.54 Å². The average Bonchev–Trinajstić information content (AvgIpc) is 1.83. The summed E-state index contributed by atoms with van der Waals surface area (Å²) in [5.74, 6) is 0. The Labute approximate surface area is 48.7 Å². The Morgan fingerprint density at radius 1 is 1.50 bits per heavy atom. The van der Waals surface area contributed by atoms with Crippen molar-refractivity contribution in [2.45, 2.75) is 6.92 Å². The summed E-state index contributed by atoms with van der Waals surface area (Å²) >= 11 is 0. The maximum absolute atomic E-state index is 8.18. The minimum atomic E-state index is 0.201. The van der Waals surface area contributed by atoms with E-state index in [0.717, 1.165) is 0 Å². The van der Waals surface area contributed by atoms with Crippen LogP contribution in [0, 0.1) is 22.8 Å². The summed E-state index contributed by atoms with van der Waals surface area (Å²) in [6.07, 6.45) is 1.86. The van der Waals surface area contributed by atoms with Gasteiger partial charge in [-0.1, -0.05) is 0 Å². The molecule has 0 heterocycles. The third kappa shape index (κ3) is 2.04. The average molecular weight is 109 g/mol. The molecule has 3 nitrogen and oxygen atoms in total. The van der Waals surface area contributed by atoms with Gasteiger partial charge in [0.25, 0.3) is 0 Å². The molecular formula is C5H7N3. The van der Waals surface area contributed by atoms with Crippen LogP contribution >= 0.6 is 0 Å². The Balaban J connectivity index is 3.45. The zero-order chi connectivity index (χ0) is 6.41. The molecule has 0 rings (SSSR count). The first-order valence-electron chi connectivity index (χ1n) is 2.36. The van der Waals surface area contributed by atoms with E-state index in [1.807, 2.05) is 19.2 Å². The first-order valence-corrected chi connectivity index (χ1v) is 2.36. The highest BCUT2D eigenvalue weighted by molar-refractivity contribution is 4.83. The van der Waals surface area contributed by atoms with Crippen molar-refractivity contribution in [1.82, 2.24) is 4.90 Å². The molecule has 0 amide bonds. The molecule has 0 unspecified atom stereocenters. The van der Waals surface area contributed by atoms with Crippen LogP contribution < -0.4 is 0 Å². The summed E-state index contributed by atoms with van der Waals surface area (Å²) in [5.41, 5.74) is 0. The van der Waals surface area contributed by atoms with Crippen molar-refractivity contribution in [2.24, 2.45) is 0 Å². The van der Waals surface area contributed by atoms with E-state index in [2.05, 4.69) is 0 Å². The molecule has 0 aromatic heterocycles. The smallest absolute Gasteiger partial charge is 0.180 e. The van der Waals surface area contributed by atoms with Gasteiger partial charge in [-0.05, 0) is 6.92 Å². The summed E-state index contributed by atoms with van der Waals surface area (Å²) in [6.45, 7) is 2.65. The van der Waals surface area contributed by atoms with E-state index in [0.29, 0.717) is 6.54 Å². The molecule has 0 spiro atoms. The topological polar surface area (TPSA) is 50.8 Å². The lowest BCUT2D eigenvalue weighted by Crippen LogP contribution is -2.16. The van der Waals surface area contributed by atoms with Crippen molar-refractivity contribution >= 4 is 0 Å². The molecule has 0 fully saturated rings. The van der Waals surface area contributed by atoms with E-state index < -0.39 is 0 Å². The van der Waals surface area contributed by atoms with Crippen molar-refractivity contribution in [1.29, 1.82) is 10.5 Å². The highest BCUT2D eigenvalue weighted by atomic mass is 15.1. The Kier molecular flexibility index (Phi) is 3.35. The van der Waals surface area contributed by atoms with Gasteiger partial charge in [0.1, 0.15) is 6.54 Å². The highest BCUT2D eigenvalue weighted by Crippen LogP contribution is 1.78. The van der Waals surface area contributed by atoms with Crippen LogP contribution in [-0.4, -0.2) is 18.0 Å². The number of hydrogen-bond acceptors (Lipinski definition) is 3. The van der Waals surface area contributed by atoms with Crippen molar-refractivity contribution < 1.29 is 0 Å². The molecule has 0 bridgehead atoms. The molecule has 3 heteroatoms. The number of nitrogens with zero attached hydrogens (tertiary/aromatic N) is 3. The molecule has 0 aromatic carbocycles. The van der Waals surface area contributed by atoms with Gasteiger partial charge in [0, 0.05) is 6.54 Å². The number of hydrogen-bond donors (Lipinski definition) is 0. The molecule has 8 heavy (non-hydrogen) atoms. The lowest BCUT2D eigenvalue weighted by molar-refractivity contribution is 0.462. The Bertz CT molecular complexity index is 128. The lowest BCUT2D eigenvalue weighted by atomic mass is 10.6. The van der Waals surface area contributed by atoms with Crippen LogP contribution in [0.4, 0.5) is 0 Å². The number of nitriles is 2. The molecular weight excluding hydrogens is 102 g/mol. The number of rotatable bonds is 2. The molecule has 0 aromatic rings. The van der Waals surface area contributed by atoms with E-state index in [1.165, 1.54) is 4.90 Å². The predicted molar refractivity (Wildman–Crippen MR) is 28.5 cm³/mol. The molecule has 0 saturated carbocycles. The first kappa shape index (κ1) is 6.78. The first-order chi connectivity index (χ1) is 3.85. The molecule has 0 aliphatic carbocycles. The van der Waals surface area contributed by atoms with Crippen LogP contribution in [0.2, 0.25) is 0 Å². The van der Waals surface area contributed by atoms with Crippen molar-refractivity contribution in [2.75, 3.05) is 13.1 Å². The zero-order valence-corrected chi connectivity index (χ0v) is 4.76. The standard InChI is InChI=1S/C5H7N3/c1-2-8(5-7)4-3-6/h2,4H2,1H3. The van der Waals surface area contributed by atoms with Crippen molar-refractivity contribution in [3.63, 3.8) is 0 Å². The fourth-order valence-corrected chi connectivity index (χ4v) is 0.303. The Morgan fingerprint density at radius 3 is 2.25 bits per heavy atom. The minimum absolute atomic E-state index is 0.201. The van der Waals surface area contributed by atoms with Crippen LogP contribution in [0.3, 0.4) is 0 Å². The third-order valence-corrected chi connectivity index (χ3v) is 0.785. The summed E-state index contributed by atoms with van der Waals surface area (Å²) < 4.78 is 0. The van der Waals surface area contributed by atoms with Crippen molar-refractivity contribution in [3.8, 4) is 12.3 Å². The molecule has 0 aliphatic rings. The van der Waals surface area contributed by atoms with E-state index in [9.17, 15) is 0 Å². The summed E-state index contributed by atoms with van der Waals surface area (Å²) in [7, 11) is 0. The lowest BCUT2D eigenvalue weighted by Gasteiger charge is -2.04. The quantitative estimate of drug-likeness (QED) is 0.291. The second kappa shape index (κ2) is 3.95. The van der Waals surface area contributed by atoms with Gasteiger partial charge in [0.15, 0.2) is 6.19 Å². The van der Waals surface area contributed by atoms with Gasteiger partial charge in [-0.3, -0.25) is 4.90 Å². The monoisotopic (exact) mass is 109 g/mol. The second-order valence-electron chi connectivity index (χ2n) is 1.27. The van der Waals surface area contributed by atoms with Gasteiger partial charge in [-0.2, -0.15) is 10.5 Å². The molecule has 0 atom stereocenters. The van der Waals surface area contributed by atoms with Gasteiger partial charge in [-0.25, -0.2) is 0 Å². The molecule has 0 saturated heterocycles. The van der Waals surface area contributed by atoms with Crippen LogP contribution in [0.15, 0.2) is 0 Å². The van der Waals surface area contributed by atoms with Crippen LogP contribution in [0.25, 0.3) is 0 Å². The maximum Gasteiger partial charge on any atom is 0.180 e. The van der Waals surface area contributed by atoms with Gasteiger partial charge in [0.2, 0.25) is 0 Å². The van der Waals surface area contributed by atoms with E-state index in [1.54, 1.807) is 0 Å². The van der Waals surface area contributed by atoms with Gasteiger partial charge in [0.05, 0.1) is 6.07 Å². The highest BCUT2D eigenvalue weighted by Gasteiger charge is 1.91. The fraction of sp³-hybridized carbons (Fsp3) is 0.600. The van der Waals surface area contributed by atoms with Crippen LogP contribution in [-0.2, 0) is 0 Å². The Morgan fingerprint density at radius 2 is 2.12 bits per heavy atom. The minimum Gasteiger partial charge on any atom is -0.297 e. The van der Waals surface area contributed by atoms with Gasteiger partial charge in [-0.15, -0.1) is 0 Å². The van der Waals surface area contributed by atoms with Crippen LogP contribution in [0.5, 0.6) is 0 Å². The third-order valence-electron chi connectivity index (χ3n) is 0.785. The fourth-order valence-electron chi connectivity index (χ4n) is 0.303. The van der Waals surface area contributed by atoms with Crippen molar-refractivity contribution in [3.05, 3.63) is 0 Å². The predicted octanol–water partition coefficient (Wildman–Crippen LogP) is 0.313. The molecule has 0 aliphatic heterocycles. The largest absolute Gasteiger partial charge is 0.297 e. The van der Waals surface area contributed by atoms with E-state index in [4.69, 9.17) is 10.5 Å². The Hall–Kier alpha value is -1.22. The second-order valence-corrected chi connectivity index (χ2v) is 1.27. The normalized spacial score (nSPS) is 6.88.